The number of anilines is 3. The van der Waals surface area contributed by atoms with Crippen LogP contribution in [-0.2, 0) is 13.1 Å². The molecule has 1 heterocycles. The topological polar surface area (TPSA) is 91.1 Å². The number of hydrogen-bond acceptors (Lipinski definition) is 7. The molecule has 3 rings (SSSR count). The van der Waals surface area contributed by atoms with Gasteiger partial charge in [0.2, 0.25) is 5.95 Å². The molecule has 0 saturated carbocycles. The molecule has 0 atom stereocenters. The third kappa shape index (κ3) is 7.02. The molecule has 0 aliphatic rings. The van der Waals surface area contributed by atoms with E-state index in [1.54, 1.807) is 6.20 Å². The SMILES string of the molecule is CNCCN(C)Cc1ccc(-c2ccnc(Nc3cc(CN)cc(NC(C)C)c3)n2)cc1. The second-order valence-electron chi connectivity index (χ2n) is 8.35. The average molecular weight is 434 g/mol. The molecule has 0 aliphatic carbocycles. The quantitative estimate of drug-likeness (QED) is 0.365. The fourth-order valence-electron chi connectivity index (χ4n) is 3.48. The van der Waals surface area contributed by atoms with E-state index in [4.69, 9.17) is 10.7 Å². The molecule has 0 unspecified atom stereocenters. The lowest BCUT2D eigenvalue weighted by molar-refractivity contribution is 0.328. The first kappa shape index (κ1) is 23.7. The van der Waals surface area contributed by atoms with E-state index < -0.39 is 0 Å². The molecule has 0 fully saturated rings. The van der Waals surface area contributed by atoms with E-state index in [2.05, 4.69) is 83.1 Å². The van der Waals surface area contributed by atoms with Gasteiger partial charge >= 0.3 is 0 Å². The van der Waals surface area contributed by atoms with E-state index in [1.165, 1.54) is 5.56 Å². The summed E-state index contributed by atoms with van der Waals surface area (Å²) in [6, 6.07) is 17.0. The predicted molar refractivity (Wildman–Crippen MR) is 134 cm³/mol. The van der Waals surface area contributed by atoms with Gasteiger partial charge in [-0.2, -0.15) is 0 Å². The molecule has 0 radical (unpaired) electrons. The summed E-state index contributed by atoms with van der Waals surface area (Å²) in [6.45, 7) is 7.61. The Hall–Kier alpha value is -3.00. The molecule has 1 aromatic heterocycles. The summed E-state index contributed by atoms with van der Waals surface area (Å²) in [7, 11) is 4.11. The minimum atomic E-state index is 0.335. The minimum absolute atomic E-state index is 0.335. The van der Waals surface area contributed by atoms with Gasteiger partial charge in [0.25, 0.3) is 0 Å². The van der Waals surface area contributed by atoms with E-state index in [9.17, 15) is 0 Å². The summed E-state index contributed by atoms with van der Waals surface area (Å²) < 4.78 is 0. The first-order chi connectivity index (χ1) is 15.5. The zero-order valence-corrected chi connectivity index (χ0v) is 19.5. The van der Waals surface area contributed by atoms with Crippen molar-refractivity contribution in [3.05, 3.63) is 65.9 Å². The molecule has 2 aromatic carbocycles. The molecule has 0 aliphatic heterocycles. The van der Waals surface area contributed by atoms with Crippen molar-refractivity contribution in [1.29, 1.82) is 0 Å². The fourth-order valence-corrected chi connectivity index (χ4v) is 3.48. The highest BCUT2D eigenvalue weighted by molar-refractivity contribution is 5.65. The van der Waals surface area contributed by atoms with Gasteiger partial charge in [-0.05, 0) is 63.3 Å². The van der Waals surface area contributed by atoms with Crippen molar-refractivity contribution in [1.82, 2.24) is 20.2 Å². The Balaban J connectivity index is 1.73. The highest BCUT2D eigenvalue weighted by Crippen LogP contribution is 2.24. The lowest BCUT2D eigenvalue weighted by Gasteiger charge is -2.16. The predicted octanol–water partition coefficient (Wildman–Crippen LogP) is 3.82. The van der Waals surface area contributed by atoms with Crippen LogP contribution in [0.3, 0.4) is 0 Å². The summed E-state index contributed by atoms with van der Waals surface area (Å²) in [5.74, 6) is 0.558. The monoisotopic (exact) mass is 433 g/mol. The van der Waals surface area contributed by atoms with Crippen LogP contribution in [0.15, 0.2) is 54.7 Å². The van der Waals surface area contributed by atoms with Crippen LogP contribution in [0.2, 0.25) is 0 Å². The van der Waals surface area contributed by atoms with Crippen molar-refractivity contribution in [3.63, 3.8) is 0 Å². The Labute approximate surface area is 191 Å². The van der Waals surface area contributed by atoms with Gasteiger partial charge in [0.1, 0.15) is 0 Å². The third-order valence-corrected chi connectivity index (χ3v) is 5.04. The number of likely N-dealkylation sites (N-methyl/N-ethyl adjacent to an activating group) is 2. The number of rotatable bonds is 11. The molecular formula is C25H35N7. The van der Waals surface area contributed by atoms with Crippen LogP contribution >= 0.6 is 0 Å². The maximum absolute atomic E-state index is 5.89. The van der Waals surface area contributed by atoms with Crippen LogP contribution in [0.25, 0.3) is 11.3 Å². The molecule has 0 amide bonds. The summed E-state index contributed by atoms with van der Waals surface area (Å²) in [4.78, 5) is 11.4. The number of nitrogens with one attached hydrogen (secondary N) is 3. The maximum atomic E-state index is 5.89. The second-order valence-corrected chi connectivity index (χ2v) is 8.35. The third-order valence-electron chi connectivity index (χ3n) is 5.04. The summed E-state index contributed by atoms with van der Waals surface area (Å²) >= 11 is 0. The smallest absolute Gasteiger partial charge is 0.227 e. The van der Waals surface area contributed by atoms with Gasteiger partial charge in [-0.3, -0.25) is 0 Å². The van der Waals surface area contributed by atoms with E-state index >= 15 is 0 Å². The van der Waals surface area contributed by atoms with Crippen molar-refractivity contribution in [2.75, 3.05) is 37.8 Å². The zero-order valence-electron chi connectivity index (χ0n) is 19.5. The van der Waals surface area contributed by atoms with Gasteiger partial charge < -0.3 is 26.6 Å². The number of nitrogens with two attached hydrogens (primary N) is 1. The lowest BCUT2D eigenvalue weighted by atomic mass is 10.1. The van der Waals surface area contributed by atoms with Gasteiger partial charge in [0.05, 0.1) is 5.69 Å². The van der Waals surface area contributed by atoms with Crippen LogP contribution in [-0.4, -0.2) is 48.1 Å². The van der Waals surface area contributed by atoms with Gasteiger partial charge in [0, 0.05) is 55.4 Å². The Morgan fingerprint density at radius 3 is 2.44 bits per heavy atom. The molecule has 3 aromatic rings. The van der Waals surface area contributed by atoms with E-state index in [-0.39, 0.29) is 0 Å². The molecule has 7 heteroatoms. The van der Waals surface area contributed by atoms with E-state index in [1.807, 2.05) is 19.2 Å². The Morgan fingerprint density at radius 2 is 1.75 bits per heavy atom. The van der Waals surface area contributed by atoms with E-state index in [0.717, 1.165) is 47.8 Å². The van der Waals surface area contributed by atoms with Gasteiger partial charge in [0.15, 0.2) is 0 Å². The standard InChI is InChI=1S/C25H35N7/c1-18(2)29-22-13-20(16-26)14-23(15-22)30-25-28-10-9-24(31-25)21-7-5-19(6-8-21)17-32(4)12-11-27-3/h5-10,13-15,18,27,29H,11-12,16-17,26H2,1-4H3,(H,28,30,31). The molecule has 0 spiro atoms. The Morgan fingerprint density at radius 1 is 1.00 bits per heavy atom. The molecule has 0 bridgehead atoms. The van der Waals surface area contributed by atoms with Crippen LogP contribution < -0.4 is 21.7 Å². The van der Waals surface area contributed by atoms with Crippen LogP contribution in [0, 0.1) is 0 Å². The number of aromatic nitrogens is 2. The average Bonchev–Trinajstić information content (AvgIpc) is 2.77. The normalized spacial score (nSPS) is 11.2. The highest BCUT2D eigenvalue weighted by Gasteiger charge is 2.07. The first-order valence-electron chi connectivity index (χ1n) is 11.1. The number of benzene rings is 2. The maximum Gasteiger partial charge on any atom is 0.227 e. The molecular weight excluding hydrogens is 398 g/mol. The van der Waals surface area contributed by atoms with Gasteiger partial charge in [-0.15, -0.1) is 0 Å². The van der Waals surface area contributed by atoms with Crippen LogP contribution in [0.1, 0.15) is 25.0 Å². The number of nitrogens with zero attached hydrogens (tertiary/aromatic N) is 3. The highest BCUT2D eigenvalue weighted by atomic mass is 15.1. The number of hydrogen-bond donors (Lipinski definition) is 4. The molecule has 170 valence electrons. The molecule has 0 saturated heterocycles. The summed E-state index contributed by atoms with van der Waals surface area (Å²) in [6.07, 6.45) is 1.78. The van der Waals surface area contributed by atoms with Crippen LogP contribution in [0.4, 0.5) is 17.3 Å². The van der Waals surface area contributed by atoms with E-state index in [0.29, 0.717) is 18.5 Å². The van der Waals surface area contributed by atoms with Crippen molar-refractivity contribution < 1.29 is 0 Å². The molecule has 32 heavy (non-hydrogen) atoms. The Bertz CT molecular complexity index is 986. The zero-order chi connectivity index (χ0) is 22.9. The Kier molecular flexibility index (Phi) is 8.56. The fraction of sp³-hybridized carbons (Fsp3) is 0.360. The van der Waals surface area contributed by atoms with Gasteiger partial charge in [-0.1, -0.05) is 24.3 Å². The second kappa shape index (κ2) is 11.6. The first-order valence-corrected chi connectivity index (χ1v) is 11.1. The van der Waals surface area contributed by atoms with Crippen molar-refractivity contribution in [2.45, 2.75) is 33.0 Å². The summed E-state index contributed by atoms with van der Waals surface area (Å²) in [5, 5.41) is 9.94. The molecule has 5 N–H and O–H groups in total. The minimum Gasteiger partial charge on any atom is -0.383 e. The van der Waals surface area contributed by atoms with Crippen molar-refractivity contribution in [2.24, 2.45) is 5.73 Å². The largest absolute Gasteiger partial charge is 0.383 e. The van der Waals surface area contributed by atoms with Crippen molar-refractivity contribution >= 4 is 17.3 Å². The van der Waals surface area contributed by atoms with Crippen molar-refractivity contribution in [3.8, 4) is 11.3 Å². The molecule has 7 nitrogen and oxygen atoms in total. The van der Waals surface area contributed by atoms with Gasteiger partial charge in [-0.25, -0.2) is 9.97 Å². The van der Waals surface area contributed by atoms with Crippen LogP contribution in [0.5, 0.6) is 0 Å². The summed E-state index contributed by atoms with van der Waals surface area (Å²) in [5.41, 5.74) is 12.1. The lowest BCUT2D eigenvalue weighted by Crippen LogP contribution is -2.26.